The van der Waals surface area contributed by atoms with Crippen LogP contribution in [0.3, 0.4) is 0 Å². The van der Waals surface area contributed by atoms with E-state index in [4.69, 9.17) is 0 Å². The van der Waals surface area contributed by atoms with E-state index in [1.54, 1.807) is 18.2 Å². The van der Waals surface area contributed by atoms with Crippen LogP contribution in [0.25, 0.3) is 10.9 Å². The fraction of sp³-hybridized carbons (Fsp3) is 0.500. The standard InChI is InChI=1S/C18H25N3O2/c1-13(2)9-20(10-14(3)4)17(22)11-21-12-19-16-8-6-5-7-15(16)18(21)23/h5-8,12-14H,9-11H2,1-4H3. The molecular formula is C18H25N3O2. The van der Waals surface area contributed by atoms with E-state index in [1.807, 2.05) is 11.0 Å². The molecule has 2 rings (SSSR count). The van der Waals surface area contributed by atoms with Gasteiger partial charge in [-0.3, -0.25) is 14.2 Å². The van der Waals surface area contributed by atoms with Crippen molar-refractivity contribution >= 4 is 16.8 Å². The number of nitrogens with zero attached hydrogens (tertiary/aromatic N) is 3. The van der Waals surface area contributed by atoms with Gasteiger partial charge in [-0.25, -0.2) is 4.98 Å². The lowest BCUT2D eigenvalue weighted by Gasteiger charge is -2.26. The predicted molar refractivity (Wildman–Crippen MR) is 92.3 cm³/mol. The molecule has 2 aromatic rings. The first-order valence-corrected chi connectivity index (χ1v) is 8.10. The van der Waals surface area contributed by atoms with Crippen molar-refractivity contribution in [3.8, 4) is 0 Å². The number of aromatic nitrogens is 2. The summed E-state index contributed by atoms with van der Waals surface area (Å²) in [6, 6.07) is 7.19. The molecule has 5 nitrogen and oxygen atoms in total. The average molecular weight is 315 g/mol. The van der Waals surface area contributed by atoms with Crippen LogP contribution in [0.2, 0.25) is 0 Å². The van der Waals surface area contributed by atoms with Crippen molar-refractivity contribution in [3.05, 3.63) is 40.9 Å². The molecule has 1 heterocycles. The van der Waals surface area contributed by atoms with Gasteiger partial charge in [-0.1, -0.05) is 39.8 Å². The first kappa shape index (κ1) is 17.2. The van der Waals surface area contributed by atoms with Gasteiger partial charge in [0.25, 0.3) is 5.56 Å². The highest BCUT2D eigenvalue weighted by atomic mass is 16.2. The molecule has 0 N–H and O–H groups in total. The summed E-state index contributed by atoms with van der Waals surface area (Å²) >= 11 is 0. The Hall–Kier alpha value is -2.17. The molecule has 0 atom stereocenters. The molecule has 0 saturated carbocycles. The Balaban J connectivity index is 2.24. The SMILES string of the molecule is CC(C)CN(CC(C)C)C(=O)Cn1cnc2ccccc2c1=O. The molecule has 1 aromatic heterocycles. The Labute approximate surface area is 136 Å². The molecule has 0 aliphatic carbocycles. The van der Waals surface area contributed by atoms with Crippen molar-refractivity contribution < 1.29 is 4.79 Å². The zero-order valence-electron chi connectivity index (χ0n) is 14.3. The van der Waals surface area contributed by atoms with Gasteiger partial charge >= 0.3 is 0 Å². The van der Waals surface area contributed by atoms with Gasteiger partial charge in [-0.2, -0.15) is 0 Å². The maximum absolute atomic E-state index is 12.6. The van der Waals surface area contributed by atoms with Crippen LogP contribution >= 0.6 is 0 Å². The monoisotopic (exact) mass is 315 g/mol. The van der Waals surface area contributed by atoms with Gasteiger partial charge in [0.05, 0.1) is 17.2 Å². The number of fused-ring (bicyclic) bond motifs is 1. The molecule has 0 radical (unpaired) electrons. The van der Waals surface area contributed by atoms with Crippen molar-refractivity contribution in [2.75, 3.05) is 13.1 Å². The summed E-state index contributed by atoms with van der Waals surface area (Å²) in [5.41, 5.74) is 0.486. The Morgan fingerprint density at radius 3 is 2.35 bits per heavy atom. The van der Waals surface area contributed by atoms with E-state index in [-0.39, 0.29) is 18.0 Å². The second-order valence-corrected chi connectivity index (χ2v) is 6.78. The van der Waals surface area contributed by atoms with Crippen LogP contribution in [0.15, 0.2) is 35.4 Å². The Morgan fingerprint density at radius 1 is 1.13 bits per heavy atom. The molecule has 5 heteroatoms. The summed E-state index contributed by atoms with van der Waals surface area (Å²) < 4.78 is 1.40. The van der Waals surface area contributed by atoms with Gasteiger partial charge in [-0.15, -0.1) is 0 Å². The van der Waals surface area contributed by atoms with Crippen molar-refractivity contribution in [2.45, 2.75) is 34.2 Å². The van der Waals surface area contributed by atoms with E-state index in [0.29, 0.717) is 35.8 Å². The molecule has 124 valence electrons. The van der Waals surface area contributed by atoms with Gasteiger partial charge in [-0.05, 0) is 24.0 Å². The zero-order valence-corrected chi connectivity index (χ0v) is 14.3. The van der Waals surface area contributed by atoms with E-state index in [2.05, 4.69) is 32.7 Å². The van der Waals surface area contributed by atoms with Crippen LogP contribution in [0.4, 0.5) is 0 Å². The summed E-state index contributed by atoms with van der Waals surface area (Å²) in [5.74, 6) is 0.750. The molecule has 0 aliphatic heterocycles. The summed E-state index contributed by atoms with van der Waals surface area (Å²) in [6.45, 7) is 9.79. The molecule has 0 spiro atoms. The molecule has 1 aromatic carbocycles. The van der Waals surface area contributed by atoms with Crippen LogP contribution in [0.1, 0.15) is 27.7 Å². The third-order valence-corrected chi connectivity index (χ3v) is 3.56. The third-order valence-electron chi connectivity index (χ3n) is 3.56. The molecule has 0 unspecified atom stereocenters. The number of para-hydroxylation sites is 1. The summed E-state index contributed by atoms with van der Waals surface area (Å²) in [5, 5.41) is 0.544. The molecule has 0 fully saturated rings. The molecule has 0 bridgehead atoms. The van der Waals surface area contributed by atoms with E-state index < -0.39 is 0 Å². The van der Waals surface area contributed by atoms with Crippen LogP contribution in [0.5, 0.6) is 0 Å². The lowest BCUT2D eigenvalue weighted by atomic mass is 10.1. The first-order chi connectivity index (χ1) is 10.9. The van der Waals surface area contributed by atoms with Gasteiger partial charge in [0, 0.05) is 13.1 Å². The Kier molecular flexibility index (Phi) is 5.53. The molecule has 23 heavy (non-hydrogen) atoms. The second kappa shape index (κ2) is 7.40. The van der Waals surface area contributed by atoms with Crippen molar-refractivity contribution in [2.24, 2.45) is 11.8 Å². The highest BCUT2D eigenvalue weighted by molar-refractivity contribution is 5.79. The minimum Gasteiger partial charge on any atom is -0.341 e. The highest BCUT2D eigenvalue weighted by Crippen LogP contribution is 2.07. The number of carbonyl (C=O) groups excluding carboxylic acids is 1. The van der Waals surface area contributed by atoms with Crippen molar-refractivity contribution in [1.29, 1.82) is 0 Å². The number of benzene rings is 1. The quantitative estimate of drug-likeness (QED) is 0.823. The Morgan fingerprint density at radius 2 is 1.74 bits per heavy atom. The van der Waals surface area contributed by atoms with E-state index in [9.17, 15) is 9.59 Å². The number of amides is 1. The molecule has 0 aliphatic rings. The minimum atomic E-state index is -0.169. The van der Waals surface area contributed by atoms with Crippen LogP contribution in [-0.4, -0.2) is 33.4 Å². The highest BCUT2D eigenvalue weighted by Gasteiger charge is 2.17. The topological polar surface area (TPSA) is 55.2 Å². The largest absolute Gasteiger partial charge is 0.341 e. The predicted octanol–water partition coefficient (Wildman–Crippen LogP) is 2.54. The number of carbonyl (C=O) groups is 1. The molecule has 0 saturated heterocycles. The second-order valence-electron chi connectivity index (χ2n) is 6.78. The summed E-state index contributed by atoms with van der Waals surface area (Å²) in [4.78, 5) is 31.2. The average Bonchev–Trinajstić information content (AvgIpc) is 2.48. The Bertz CT molecular complexity index is 724. The van der Waals surface area contributed by atoms with Crippen LogP contribution in [0, 0.1) is 11.8 Å². The fourth-order valence-electron chi connectivity index (χ4n) is 2.62. The van der Waals surface area contributed by atoms with Crippen molar-refractivity contribution in [1.82, 2.24) is 14.5 Å². The van der Waals surface area contributed by atoms with Gasteiger partial charge < -0.3 is 4.90 Å². The van der Waals surface area contributed by atoms with Gasteiger partial charge in [0.15, 0.2) is 0 Å². The fourth-order valence-corrected chi connectivity index (χ4v) is 2.62. The van der Waals surface area contributed by atoms with Crippen LogP contribution in [-0.2, 0) is 11.3 Å². The third kappa shape index (κ3) is 4.41. The number of hydrogen-bond acceptors (Lipinski definition) is 3. The van der Waals surface area contributed by atoms with Crippen LogP contribution < -0.4 is 5.56 Å². The molecule has 1 amide bonds. The van der Waals surface area contributed by atoms with E-state index in [1.165, 1.54) is 10.9 Å². The maximum Gasteiger partial charge on any atom is 0.261 e. The normalized spacial score (nSPS) is 11.4. The lowest BCUT2D eigenvalue weighted by molar-refractivity contribution is -0.133. The van der Waals surface area contributed by atoms with E-state index in [0.717, 1.165) is 0 Å². The first-order valence-electron chi connectivity index (χ1n) is 8.10. The van der Waals surface area contributed by atoms with E-state index >= 15 is 0 Å². The lowest BCUT2D eigenvalue weighted by Crippen LogP contribution is -2.40. The van der Waals surface area contributed by atoms with Crippen molar-refractivity contribution in [3.63, 3.8) is 0 Å². The minimum absolute atomic E-state index is 0.0356. The van der Waals surface area contributed by atoms with Gasteiger partial charge in [0.1, 0.15) is 6.54 Å². The summed E-state index contributed by atoms with van der Waals surface area (Å²) in [7, 11) is 0. The van der Waals surface area contributed by atoms with Gasteiger partial charge in [0.2, 0.25) is 5.91 Å². The molecular weight excluding hydrogens is 290 g/mol. The summed E-state index contributed by atoms with van der Waals surface area (Å²) in [6.07, 6.45) is 1.46. The zero-order chi connectivity index (χ0) is 17.0. The number of rotatable bonds is 6. The number of hydrogen-bond donors (Lipinski definition) is 0. The maximum atomic E-state index is 12.6. The smallest absolute Gasteiger partial charge is 0.261 e.